The van der Waals surface area contributed by atoms with E-state index in [1.807, 2.05) is 47.4 Å². The third kappa shape index (κ3) is 4.79. The van der Waals surface area contributed by atoms with Crippen molar-refractivity contribution in [3.05, 3.63) is 59.3 Å². The number of para-hydroxylation sites is 3. The number of Topliss-reactive ketones (excluding diaryl/α,β-unsaturated/α-hetero) is 1. The third-order valence-electron chi connectivity index (χ3n) is 6.89. The Bertz CT molecular complexity index is 1150. The van der Waals surface area contributed by atoms with Crippen LogP contribution in [0.5, 0.6) is 11.5 Å². The zero-order valence-corrected chi connectivity index (χ0v) is 21.4. The van der Waals surface area contributed by atoms with Crippen LogP contribution in [-0.2, 0) is 9.59 Å². The molecule has 0 saturated heterocycles. The fourth-order valence-corrected chi connectivity index (χ4v) is 5.33. The summed E-state index contributed by atoms with van der Waals surface area (Å²) in [5, 5.41) is 3.56. The highest BCUT2D eigenvalue weighted by Crippen LogP contribution is 2.51. The fraction of sp³-hybridized carbons (Fsp3) is 0.448. The maximum Gasteiger partial charge on any atom is 0.227 e. The molecule has 35 heavy (non-hydrogen) atoms. The quantitative estimate of drug-likeness (QED) is 0.467. The number of benzene rings is 2. The molecule has 0 saturated carbocycles. The van der Waals surface area contributed by atoms with E-state index in [0.717, 1.165) is 41.9 Å². The number of methoxy groups -OCH3 is 2. The molecule has 1 amide bonds. The van der Waals surface area contributed by atoms with Crippen LogP contribution < -0.4 is 19.7 Å². The van der Waals surface area contributed by atoms with Crippen LogP contribution in [0.25, 0.3) is 0 Å². The molecule has 0 fully saturated rings. The van der Waals surface area contributed by atoms with Crippen LogP contribution in [0.4, 0.5) is 11.4 Å². The molecule has 0 radical (unpaired) electrons. The topological polar surface area (TPSA) is 67.9 Å². The van der Waals surface area contributed by atoms with Crippen LogP contribution in [0.1, 0.15) is 70.9 Å². The summed E-state index contributed by atoms with van der Waals surface area (Å²) in [6.45, 7) is 6.35. The van der Waals surface area contributed by atoms with Crippen molar-refractivity contribution in [3.63, 3.8) is 0 Å². The van der Waals surface area contributed by atoms with Gasteiger partial charge in [0.25, 0.3) is 0 Å². The number of ketones is 1. The molecule has 186 valence electrons. The van der Waals surface area contributed by atoms with Gasteiger partial charge in [-0.25, -0.2) is 0 Å². The molecule has 1 N–H and O–H groups in total. The number of rotatable bonds is 7. The van der Waals surface area contributed by atoms with Gasteiger partial charge in [0, 0.05) is 29.7 Å². The van der Waals surface area contributed by atoms with Crippen LogP contribution in [0.3, 0.4) is 0 Å². The Hall–Kier alpha value is -3.28. The number of carbonyl (C=O) groups excluding carboxylic acids is 2. The molecule has 4 rings (SSSR count). The van der Waals surface area contributed by atoms with Gasteiger partial charge in [0.1, 0.15) is 0 Å². The second kappa shape index (κ2) is 10.1. The lowest BCUT2D eigenvalue weighted by Crippen LogP contribution is -2.39. The van der Waals surface area contributed by atoms with Crippen molar-refractivity contribution in [2.75, 3.05) is 24.4 Å². The summed E-state index contributed by atoms with van der Waals surface area (Å²) in [6, 6.07) is 12.8. The van der Waals surface area contributed by atoms with Gasteiger partial charge < -0.3 is 14.8 Å². The van der Waals surface area contributed by atoms with Crippen LogP contribution in [0, 0.1) is 5.41 Å². The summed E-state index contributed by atoms with van der Waals surface area (Å²) in [6.07, 6.45) is 4.35. The molecule has 2 aromatic carbocycles. The molecular formula is C29H36N2O4. The van der Waals surface area contributed by atoms with E-state index in [-0.39, 0.29) is 17.1 Å². The lowest BCUT2D eigenvalue weighted by atomic mass is 9.73. The maximum atomic E-state index is 13.9. The van der Waals surface area contributed by atoms with Gasteiger partial charge in [-0.1, -0.05) is 57.9 Å². The molecule has 6 heteroatoms. The lowest BCUT2D eigenvalue weighted by molar-refractivity contribution is -0.119. The average Bonchev–Trinajstić information content (AvgIpc) is 2.96. The van der Waals surface area contributed by atoms with E-state index < -0.39 is 6.04 Å². The van der Waals surface area contributed by atoms with E-state index in [9.17, 15) is 9.59 Å². The number of hydrogen-bond donors (Lipinski definition) is 1. The van der Waals surface area contributed by atoms with Crippen molar-refractivity contribution in [2.45, 2.75) is 65.3 Å². The van der Waals surface area contributed by atoms with Crippen molar-refractivity contribution >= 4 is 23.1 Å². The first-order valence-electron chi connectivity index (χ1n) is 12.5. The van der Waals surface area contributed by atoms with E-state index >= 15 is 0 Å². The predicted molar refractivity (Wildman–Crippen MR) is 139 cm³/mol. The first kappa shape index (κ1) is 24.8. The van der Waals surface area contributed by atoms with Crippen molar-refractivity contribution in [3.8, 4) is 11.5 Å². The molecule has 2 aromatic rings. The second-order valence-electron chi connectivity index (χ2n) is 10.2. The number of nitrogens with one attached hydrogen (secondary N) is 1. The lowest BCUT2D eigenvalue weighted by Gasteiger charge is -2.37. The number of unbranched alkanes of at least 4 members (excludes halogenated alkanes) is 2. The van der Waals surface area contributed by atoms with E-state index in [2.05, 4.69) is 26.1 Å². The number of allylic oxidation sites excluding steroid dienone is 1. The SMILES string of the molecule is CCCCCC(=O)N1c2ccccc2NC2=C(C(=O)CC(C)(C)C2)[C@@H]1c1cccc(OC)c1OC. The summed E-state index contributed by atoms with van der Waals surface area (Å²) in [5.41, 5.74) is 3.67. The Balaban J connectivity index is 2.00. The first-order valence-corrected chi connectivity index (χ1v) is 12.5. The Morgan fingerprint density at radius 1 is 1.06 bits per heavy atom. The largest absolute Gasteiger partial charge is 0.493 e. The molecule has 1 aliphatic carbocycles. The van der Waals surface area contributed by atoms with E-state index in [1.54, 1.807) is 14.2 Å². The van der Waals surface area contributed by atoms with Gasteiger partial charge in [-0.3, -0.25) is 14.5 Å². The molecular weight excluding hydrogens is 440 g/mol. The fourth-order valence-electron chi connectivity index (χ4n) is 5.33. The van der Waals surface area contributed by atoms with Crippen LogP contribution in [0.15, 0.2) is 53.7 Å². The zero-order valence-electron chi connectivity index (χ0n) is 21.4. The summed E-state index contributed by atoms with van der Waals surface area (Å²) < 4.78 is 11.4. The highest BCUT2D eigenvalue weighted by atomic mass is 16.5. The van der Waals surface area contributed by atoms with Gasteiger partial charge >= 0.3 is 0 Å². The Morgan fingerprint density at radius 3 is 2.54 bits per heavy atom. The average molecular weight is 477 g/mol. The van der Waals surface area contributed by atoms with E-state index in [4.69, 9.17) is 9.47 Å². The second-order valence-corrected chi connectivity index (χ2v) is 10.2. The maximum absolute atomic E-state index is 13.9. The Labute approximate surface area is 208 Å². The minimum Gasteiger partial charge on any atom is -0.493 e. The molecule has 2 aliphatic rings. The minimum absolute atomic E-state index is 0.00560. The van der Waals surface area contributed by atoms with Crippen LogP contribution >= 0.6 is 0 Å². The zero-order chi connectivity index (χ0) is 25.2. The number of fused-ring (bicyclic) bond motifs is 1. The molecule has 0 spiro atoms. The molecule has 6 nitrogen and oxygen atoms in total. The number of amides is 1. The highest BCUT2D eigenvalue weighted by Gasteiger charge is 2.44. The molecule has 1 aliphatic heterocycles. The van der Waals surface area contributed by atoms with Gasteiger partial charge in [-0.2, -0.15) is 0 Å². The third-order valence-corrected chi connectivity index (χ3v) is 6.89. The van der Waals surface area contributed by atoms with E-state index in [1.165, 1.54) is 0 Å². The summed E-state index contributed by atoms with van der Waals surface area (Å²) in [4.78, 5) is 29.5. The summed E-state index contributed by atoms with van der Waals surface area (Å²) in [5.74, 6) is 1.15. The van der Waals surface area contributed by atoms with Crippen molar-refractivity contribution in [1.29, 1.82) is 0 Å². The number of ether oxygens (including phenoxy) is 2. The smallest absolute Gasteiger partial charge is 0.227 e. The molecule has 0 aromatic heterocycles. The number of hydrogen-bond acceptors (Lipinski definition) is 5. The van der Waals surface area contributed by atoms with Crippen molar-refractivity contribution in [2.24, 2.45) is 5.41 Å². The summed E-state index contributed by atoms with van der Waals surface area (Å²) >= 11 is 0. The first-order chi connectivity index (χ1) is 16.8. The van der Waals surface area contributed by atoms with Gasteiger partial charge in [0.2, 0.25) is 5.91 Å². The number of nitrogens with zero attached hydrogens (tertiary/aromatic N) is 1. The monoisotopic (exact) mass is 476 g/mol. The number of anilines is 2. The Kier molecular flexibility index (Phi) is 7.20. The van der Waals surface area contributed by atoms with Gasteiger partial charge in [0.05, 0.1) is 31.6 Å². The molecule has 1 atom stereocenters. The van der Waals surface area contributed by atoms with Gasteiger partial charge in [-0.05, 0) is 36.5 Å². The van der Waals surface area contributed by atoms with Gasteiger partial charge in [-0.15, -0.1) is 0 Å². The Morgan fingerprint density at radius 2 is 1.83 bits per heavy atom. The van der Waals surface area contributed by atoms with Crippen LogP contribution in [0.2, 0.25) is 0 Å². The molecule has 0 unspecified atom stereocenters. The summed E-state index contributed by atoms with van der Waals surface area (Å²) in [7, 11) is 3.19. The molecule has 0 bridgehead atoms. The standard InChI is InChI=1S/C29H36N2O4/c1-6-7-8-16-25(33)31-22-14-10-9-13-20(22)30-21-17-29(2,3)18-23(32)26(21)27(31)19-12-11-15-24(34-4)28(19)35-5/h9-15,27,30H,6-8,16-18H2,1-5H3/t27-/m0/s1. The molecule has 1 heterocycles. The van der Waals surface area contributed by atoms with Gasteiger partial charge in [0.15, 0.2) is 17.3 Å². The van der Waals surface area contributed by atoms with E-state index in [0.29, 0.717) is 36.3 Å². The predicted octanol–water partition coefficient (Wildman–Crippen LogP) is 6.43. The van der Waals surface area contributed by atoms with Crippen molar-refractivity contribution in [1.82, 2.24) is 0 Å². The highest BCUT2D eigenvalue weighted by molar-refractivity contribution is 6.06. The minimum atomic E-state index is -0.621. The normalized spacial score (nSPS) is 18.8. The van der Waals surface area contributed by atoms with Crippen molar-refractivity contribution < 1.29 is 19.1 Å². The number of carbonyl (C=O) groups is 2. The van der Waals surface area contributed by atoms with Crippen LogP contribution in [-0.4, -0.2) is 25.9 Å².